The Hall–Kier alpha value is -2.55. The molecule has 2 heterocycles. The molecule has 98 valence electrons. The number of anilines is 2. The Labute approximate surface area is 112 Å². The summed E-state index contributed by atoms with van der Waals surface area (Å²) in [5.41, 5.74) is 7.62. The van der Waals surface area contributed by atoms with E-state index in [1.807, 2.05) is 24.1 Å². The lowest BCUT2D eigenvalue weighted by atomic mass is 10.2. The number of nitrogens with two attached hydrogens (primary N) is 1. The maximum atomic E-state index is 8.76. The van der Waals surface area contributed by atoms with E-state index in [-0.39, 0.29) is 0 Å². The summed E-state index contributed by atoms with van der Waals surface area (Å²) in [6.45, 7) is 1.23. The van der Waals surface area contributed by atoms with Gasteiger partial charge in [-0.1, -0.05) is 6.07 Å². The van der Waals surface area contributed by atoms with Crippen LogP contribution in [0.3, 0.4) is 0 Å². The molecule has 6 nitrogen and oxygen atoms in total. The number of hydrogen-bond donors (Lipinski definition) is 1. The molecule has 0 aliphatic rings. The molecule has 2 aromatic rings. The molecule has 0 unspecified atom stereocenters. The average molecular weight is 256 g/mol. The molecule has 0 saturated carbocycles. The van der Waals surface area contributed by atoms with E-state index in [4.69, 9.17) is 11.0 Å². The zero-order valence-corrected chi connectivity index (χ0v) is 10.8. The quantitative estimate of drug-likeness (QED) is 0.872. The van der Waals surface area contributed by atoms with Gasteiger partial charge in [-0.3, -0.25) is 9.67 Å². The Morgan fingerprint density at radius 3 is 2.95 bits per heavy atom. The number of rotatable bonds is 5. The van der Waals surface area contributed by atoms with Crippen molar-refractivity contribution in [1.82, 2.24) is 14.8 Å². The molecule has 0 atom stereocenters. The summed E-state index contributed by atoms with van der Waals surface area (Å²) >= 11 is 0. The molecule has 6 heteroatoms. The van der Waals surface area contributed by atoms with Gasteiger partial charge in [0.05, 0.1) is 18.2 Å². The molecule has 2 N–H and O–H groups in total. The van der Waals surface area contributed by atoms with Gasteiger partial charge in [-0.25, -0.2) is 0 Å². The maximum Gasteiger partial charge on any atom is 0.174 e. The zero-order valence-electron chi connectivity index (χ0n) is 10.8. The molecule has 0 saturated heterocycles. The predicted molar refractivity (Wildman–Crippen MR) is 73.1 cm³/mol. The Kier molecular flexibility index (Phi) is 3.98. The van der Waals surface area contributed by atoms with E-state index in [0.29, 0.717) is 31.0 Å². The van der Waals surface area contributed by atoms with Crippen molar-refractivity contribution in [1.29, 1.82) is 5.26 Å². The van der Waals surface area contributed by atoms with Crippen LogP contribution in [0.1, 0.15) is 12.0 Å². The van der Waals surface area contributed by atoms with Crippen LogP contribution in [-0.4, -0.2) is 21.3 Å². The monoisotopic (exact) mass is 256 g/mol. The minimum Gasteiger partial charge on any atom is -0.394 e. The first-order chi connectivity index (χ1) is 9.20. The summed E-state index contributed by atoms with van der Waals surface area (Å²) in [5, 5.41) is 13.1. The van der Waals surface area contributed by atoms with Crippen LogP contribution in [0.25, 0.3) is 0 Å². The van der Waals surface area contributed by atoms with E-state index in [1.54, 1.807) is 23.3 Å². The van der Waals surface area contributed by atoms with Crippen LogP contribution < -0.4 is 10.6 Å². The number of nitrogen functional groups attached to an aromatic ring is 1. The summed E-state index contributed by atoms with van der Waals surface area (Å²) < 4.78 is 1.67. The molecule has 0 spiro atoms. The fourth-order valence-corrected chi connectivity index (χ4v) is 1.90. The summed E-state index contributed by atoms with van der Waals surface area (Å²) in [5.74, 6) is 0.710. The van der Waals surface area contributed by atoms with Gasteiger partial charge in [-0.05, 0) is 11.6 Å². The number of aryl methyl sites for hydroxylation is 1. The highest BCUT2D eigenvalue weighted by molar-refractivity contribution is 5.61. The van der Waals surface area contributed by atoms with Crippen LogP contribution in [0.5, 0.6) is 0 Å². The third-order valence-electron chi connectivity index (χ3n) is 2.73. The fourth-order valence-electron chi connectivity index (χ4n) is 1.90. The number of hydrogen-bond acceptors (Lipinski definition) is 5. The van der Waals surface area contributed by atoms with Crippen molar-refractivity contribution < 1.29 is 0 Å². The molecule has 0 radical (unpaired) electrons. The number of nitrogens with zero attached hydrogens (tertiary/aromatic N) is 5. The molecule has 2 rings (SSSR count). The van der Waals surface area contributed by atoms with Crippen LogP contribution in [0.4, 0.5) is 11.5 Å². The van der Waals surface area contributed by atoms with Crippen molar-refractivity contribution >= 4 is 11.5 Å². The lowest BCUT2D eigenvalue weighted by molar-refractivity contribution is 0.725. The topological polar surface area (TPSA) is 83.8 Å². The fraction of sp³-hybridized carbons (Fsp3) is 0.308. The van der Waals surface area contributed by atoms with Gasteiger partial charge < -0.3 is 10.6 Å². The second kappa shape index (κ2) is 5.87. The molecular weight excluding hydrogens is 240 g/mol. The largest absolute Gasteiger partial charge is 0.394 e. The SMILES string of the molecule is Cn1cc(N)c(N(CCC#N)Cc2cccnc2)n1. The number of aromatic nitrogens is 3. The third kappa shape index (κ3) is 3.22. The molecule has 2 aromatic heterocycles. The van der Waals surface area contributed by atoms with Crippen molar-refractivity contribution in [2.24, 2.45) is 7.05 Å². The Bertz CT molecular complexity index is 569. The Morgan fingerprint density at radius 1 is 1.53 bits per heavy atom. The predicted octanol–water partition coefficient (Wildman–Crippen LogP) is 1.32. The first kappa shape index (κ1) is 12.9. The van der Waals surface area contributed by atoms with Gasteiger partial charge in [0.15, 0.2) is 5.82 Å². The number of nitriles is 1. The van der Waals surface area contributed by atoms with E-state index in [0.717, 1.165) is 5.56 Å². The zero-order chi connectivity index (χ0) is 13.7. The molecule has 0 aliphatic carbocycles. The first-order valence-electron chi connectivity index (χ1n) is 6.00. The van der Waals surface area contributed by atoms with Gasteiger partial charge in [0, 0.05) is 38.7 Å². The van der Waals surface area contributed by atoms with Crippen molar-refractivity contribution in [2.45, 2.75) is 13.0 Å². The van der Waals surface area contributed by atoms with Crippen LogP contribution >= 0.6 is 0 Å². The van der Waals surface area contributed by atoms with E-state index < -0.39 is 0 Å². The van der Waals surface area contributed by atoms with E-state index in [1.165, 1.54) is 0 Å². The minimum absolute atomic E-state index is 0.427. The highest BCUT2D eigenvalue weighted by Gasteiger charge is 2.14. The lowest BCUT2D eigenvalue weighted by Gasteiger charge is -2.21. The van der Waals surface area contributed by atoms with Crippen molar-refractivity contribution in [3.63, 3.8) is 0 Å². The summed E-state index contributed by atoms with van der Waals surface area (Å²) in [6, 6.07) is 6.03. The highest BCUT2D eigenvalue weighted by atomic mass is 15.3. The Morgan fingerprint density at radius 2 is 2.37 bits per heavy atom. The summed E-state index contributed by atoms with van der Waals surface area (Å²) in [7, 11) is 1.83. The van der Waals surface area contributed by atoms with Gasteiger partial charge in [0.1, 0.15) is 0 Å². The van der Waals surface area contributed by atoms with Crippen molar-refractivity contribution in [2.75, 3.05) is 17.2 Å². The van der Waals surface area contributed by atoms with Crippen LogP contribution in [-0.2, 0) is 13.6 Å². The van der Waals surface area contributed by atoms with Crippen molar-refractivity contribution in [3.8, 4) is 6.07 Å². The van der Waals surface area contributed by atoms with E-state index in [2.05, 4.69) is 16.2 Å². The van der Waals surface area contributed by atoms with Gasteiger partial charge in [0.25, 0.3) is 0 Å². The van der Waals surface area contributed by atoms with Crippen LogP contribution in [0.2, 0.25) is 0 Å². The smallest absolute Gasteiger partial charge is 0.174 e. The molecule has 0 bridgehead atoms. The molecular formula is C13H16N6. The van der Waals surface area contributed by atoms with Crippen molar-refractivity contribution in [3.05, 3.63) is 36.3 Å². The number of pyridine rings is 1. The Balaban J connectivity index is 2.21. The third-order valence-corrected chi connectivity index (χ3v) is 2.73. The maximum absolute atomic E-state index is 8.76. The lowest BCUT2D eigenvalue weighted by Crippen LogP contribution is -2.25. The van der Waals surface area contributed by atoms with E-state index >= 15 is 0 Å². The van der Waals surface area contributed by atoms with Gasteiger partial charge >= 0.3 is 0 Å². The first-order valence-corrected chi connectivity index (χ1v) is 6.00. The second-order valence-electron chi connectivity index (χ2n) is 4.27. The van der Waals surface area contributed by atoms with Gasteiger partial charge in [0.2, 0.25) is 0 Å². The summed E-state index contributed by atoms with van der Waals surface area (Å²) in [4.78, 5) is 6.09. The van der Waals surface area contributed by atoms with E-state index in [9.17, 15) is 0 Å². The molecule has 0 aromatic carbocycles. The molecule has 0 aliphatic heterocycles. The molecule has 0 amide bonds. The van der Waals surface area contributed by atoms with Gasteiger partial charge in [-0.2, -0.15) is 10.4 Å². The molecule has 19 heavy (non-hydrogen) atoms. The normalized spacial score (nSPS) is 10.1. The average Bonchev–Trinajstić information content (AvgIpc) is 2.75. The summed E-state index contributed by atoms with van der Waals surface area (Å²) in [6.07, 6.45) is 5.73. The minimum atomic E-state index is 0.427. The van der Waals surface area contributed by atoms with Crippen LogP contribution in [0, 0.1) is 11.3 Å². The van der Waals surface area contributed by atoms with Gasteiger partial charge in [-0.15, -0.1) is 0 Å². The second-order valence-corrected chi connectivity index (χ2v) is 4.27. The standard InChI is InChI=1S/C13H16N6/c1-18-10-12(15)13(17-18)19(7-3-5-14)9-11-4-2-6-16-8-11/h2,4,6,8,10H,3,7,9,15H2,1H3. The van der Waals surface area contributed by atoms with Crippen LogP contribution in [0.15, 0.2) is 30.7 Å². The molecule has 0 fully saturated rings. The highest BCUT2D eigenvalue weighted by Crippen LogP contribution is 2.22.